The van der Waals surface area contributed by atoms with Crippen LogP contribution in [-0.2, 0) is 10.5 Å². The van der Waals surface area contributed by atoms with Gasteiger partial charge in [-0.05, 0) is 35.4 Å². The summed E-state index contributed by atoms with van der Waals surface area (Å²) < 4.78 is 0. The normalized spacial score (nSPS) is 10.7. The van der Waals surface area contributed by atoms with Crippen LogP contribution in [0.15, 0.2) is 53.6 Å². The number of amides is 1. The number of carbonyl (C=O) groups excluding carboxylic acids is 1. The maximum Gasteiger partial charge on any atom is 0.269 e. The van der Waals surface area contributed by atoms with Crippen molar-refractivity contribution in [1.29, 1.82) is 0 Å². The van der Waals surface area contributed by atoms with E-state index in [0.717, 1.165) is 5.56 Å². The molecule has 0 unspecified atom stereocenters. The summed E-state index contributed by atoms with van der Waals surface area (Å²) in [6, 6.07) is 13.3. The number of non-ortho nitro benzene ring substituents is 1. The number of nitro groups is 1. The van der Waals surface area contributed by atoms with E-state index in [9.17, 15) is 14.9 Å². The van der Waals surface area contributed by atoms with E-state index in [2.05, 4.69) is 10.5 Å². The van der Waals surface area contributed by atoms with Gasteiger partial charge in [0.1, 0.15) is 0 Å². The number of hydrogen-bond donors (Lipinski definition) is 1. The molecular formula is C16H14ClN3O3S. The van der Waals surface area contributed by atoms with E-state index in [0.29, 0.717) is 16.3 Å². The van der Waals surface area contributed by atoms with Gasteiger partial charge in [0.2, 0.25) is 5.91 Å². The third-order valence-electron chi connectivity index (χ3n) is 2.92. The van der Waals surface area contributed by atoms with Crippen LogP contribution < -0.4 is 5.43 Å². The number of thioether (sulfide) groups is 1. The first kappa shape index (κ1) is 18.0. The summed E-state index contributed by atoms with van der Waals surface area (Å²) in [6.45, 7) is 0. The first-order valence-electron chi connectivity index (χ1n) is 6.93. The van der Waals surface area contributed by atoms with Gasteiger partial charge in [0.25, 0.3) is 5.69 Å². The first-order valence-corrected chi connectivity index (χ1v) is 8.46. The van der Waals surface area contributed by atoms with E-state index in [1.807, 2.05) is 24.3 Å². The van der Waals surface area contributed by atoms with Crippen molar-refractivity contribution in [3.8, 4) is 0 Å². The van der Waals surface area contributed by atoms with Gasteiger partial charge in [-0.25, -0.2) is 5.43 Å². The van der Waals surface area contributed by atoms with Crippen LogP contribution in [0.5, 0.6) is 0 Å². The largest absolute Gasteiger partial charge is 0.272 e. The van der Waals surface area contributed by atoms with Crippen LogP contribution >= 0.6 is 23.4 Å². The number of nitro benzene ring substituents is 1. The van der Waals surface area contributed by atoms with Crippen LogP contribution in [0.3, 0.4) is 0 Å². The van der Waals surface area contributed by atoms with Crippen LogP contribution in [0.25, 0.3) is 0 Å². The fraction of sp³-hybridized carbons (Fsp3) is 0.125. The molecule has 0 saturated carbocycles. The lowest BCUT2D eigenvalue weighted by molar-refractivity contribution is -0.384. The van der Waals surface area contributed by atoms with Gasteiger partial charge >= 0.3 is 0 Å². The molecule has 0 heterocycles. The lowest BCUT2D eigenvalue weighted by Gasteiger charge is -2.01. The van der Waals surface area contributed by atoms with Crippen molar-refractivity contribution in [3.05, 3.63) is 74.8 Å². The minimum atomic E-state index is -0.472. The average Bonchev–Trinajstić information content (AvgIpc) is 2.57. The molecule has 0 fully saturated rings. The van der Waals surface area contributed by atoms with Crippen molar-refractivity contribution in [2.75, 3.05) is 5.75 Å². The van der Waals surface area contributed by atoms with Gasteiger partial charge in [0, 0.05) is 22.9 Å². The summed E-state index contributed by atoms with van der Waals surface area (Å²) in [5.41, 5.74) is 4.18. The van der Waals surface area contributed by atoms with Gasteiger partial charge in [0.15, 0.2) is 0 Å². The number of benzene rings is 2. The molecule has 8 heteroatoms. The van der Waals surface area contributed by atoms with Gasteiger partial charge in [0.05, 0.1) is 16.9 Å². The van der Waals surface area contributed by atoms with Gasteiger partial charge in [-0.2, -0.15) is 5.10 Å². The Balaban J connectivity index is 1.72. The van der Waals surface area contributed by atoms with Gasteiger partial charge in [-0.15, -0.1) is 11.8 Å². The molecular weight excluding hydrogens is 350 g/mol. The van der Waals surface area contributed by atoms with E-state index >= 15 is 0 Å². The molecule has 0 radical (unpaired) electrons. The number of halogens is 1. The Kier molecular flexibility index (Phi) is 6.77. The molecule has 0 aliphatic carbocycles. The van der Waals surface area contributed by atoms with Crippen molar-refractivity contribution in [2.45, 2.75) is 5.75 Å². The Morgan fingerprint density at radius 3 is 2.50 bits per heavy atom. The Morgan fingerprint density at radius 1 is 1.21 bits per heavy atom. The van der Waals surface area contributed by atoms with E-state index < -0.39 is 4.92 Å². The van der Waals surface area contributed by atoms with E-state index in [4.69, 9.17) is 11.6 Å². The van der Waals surface area contributed by atoms with Crippen LogP contribution in [0.2, 0.25) is 5.02 Å². The summed E-state index contributed by atoms with van der Waals surface area (Å²) >= 11 is 7.28. The molecule has 1 N–H and O–H groups in total. The zero-order valence-electron chi connectivity index (χ0n) is 12.5. The summed E-state index contributed by atoms with van der Waals surface area (Å²) in [4.78, 5) is 21.7. The molecule has 124 valence electrons. The third kappa shape index (κ3) is 6.02. The molecule has 2 aromatic carbocycles. The average molecular weight is 364 g/mol. The highest BCUT2D eigenvalue weighted by atomic mass is 35.5. The zero-order chi connectivity index (χ0) is 17.4. The number of nitrogens with one attached hydrogen (secondary N) is 1. The van der Waals surface area contributed by atoms with Crippen molar-refractivity contribution in [3.63, 3.8) is 0 Å². The maximum atomic E-state index is 11.7. The number of nitrogens with zero attached hydrogens (tertiary/aromatic N) is 2. The zero-order valence-corrected chi connectivity index (χ0v) is 14.1. The number of hydrogen-bond acceptors (Lipinski definition) is 5. The molecule has 0 aliphatic rings. The minimum absolute atomic E-state index is 0.00906. The number of hydrazone groups is 1. The minimum Gasteiger partial charge on any atom is -0.272 e. The second-order valence-corrected chi connectivity index (χ2v) is 6.18. The lowest BCUT2D eigenvalue weighted by Crippen LogP contribution is -2.19. The fourth-order valence-corrected chi connectivity index (χ4v) is 2.64. The molecule has 1 amide bonds. The first-order chi connectivity index (χ1) is 11.5. The fourth-order valence-electron chi connectivity index (χ4n) is 1.74. The Morgan fingerprint density at radius 2 is 1.88 bits per heavy atom. The highest BCUT2D eigenvalue weighted by Crippen LogP contribution is 2.15. The third-order valence-corrected chi connectivity index (χ3v) is 4.18. The molecule has 2 rings (SSSR count). The van der Waals surface area contributed by atoms with E-state index in [-0.39, 0.29) is 17.3 Å². The number of rotatable bonds is 7. The molecule has 0 aliphatic heterocycles. The Bertz CT molecular complexity index is 733. The molecule has 0 bridgehead atoms. The predicted octanol–water partition coefficient (Wildman–Crippen LogP) is 3.63. The van der Waals surface area contributed by atoms with Crippen LogP contribution in [0, 0.1) is 10.1 Å². The molecule has 0 saturated heterocycles. The SMILES string of the molecule is O=C(CSCc1ccc(Cl)cc1)N/N=C\c1ccc([N+](=O)[O-])cc1. The molecule has 0 aromatic heterocycles. The molecule has 0 spiro atoms. The smallest absolute Gasteiger partial charge is 0.269 e. The van der Waals surface area contributed by atoms with Gasteiger partial charge in [-0.3, -0.25) is 14.9 Å². The summed E-state index contributed by atoms with van der Waals surface area (Å²) in [5.74, 6) is 0.767. The van der Waals surface area contributed by atoms with Crippen molar-refractivity contribution >= 4 is 41.2 Å². The van der Waals surface area contributed by atoms with E-state index in [1.54, 1.807) is 12.1 Å². The second kappa shape index (κ2) is 9.05. The maximum absolute atomic E-state index is 11.7. The molecule has 2 aromatic rings. The van der Waals surface area contributed by atoms with Gasteiger partial charge in [-0.1, -0.05) is 23.7 Å². The monoisotopic (exact) mass is 363 g/mol. The topological polar surface area (TPSA) is 84.6 Å². The van der Waals surface area contributed by atoms with Crippen molar-refractivity contribution < 1.29 is 9.72 Å². The molecule has 24 heavy (non-hydrogen) atoms. The number of carbonyl (C=O) groups is 1. The summed E-state index contributed by atoms with van der Waals surface area (Å²) in [6.07, 6.45) is 1.44. The highest BCUT2D eigenvalue weighted by Gasteiger charge is 2.03. The standard InChI is InChI=1S/C16H14ClN3O3S/c17-14-5-1-13(2-6-14)10-24-11-16(21)19-18-9-12-3-7-15(8-4-12)20(22)23/h1-9H,10-11H2,(H,19,21)/b18-9-. The molecule has 6 nitrogen and oxygen atoms in total. The van der Waals surface area contributed by atoms with Crippen LogP contribution in [0.4, 0.5) is 5.69 Å². The van der Waals surface area contributed by atoms with E-state index in [1.165, 1.54) is 30.1 Å². The van der Waals surface area contributed by atoms with Crippen molar-refractivity contribution in [2.24, 2.45) is 5.10 Å². The van der Waals surface area contributed by atoms with Crippen LogP contribution in [0.1, 0.15) is 11.1 Å². The highest BCUT2D eigenvalue weighted by molar-refractivity contribution is 7.99. The predicted molar refractivity (Wildman–Crippen MR) is 96.4 cm³/mol. The summed E-state index contributed by atoms with van der Waals surface area (Å²) in [7, 11) is 0. The van der Waals surface area contributed by atoms with Crippen molar-refractivity contribution in [1.82, 2.24) is 5.43 Å². The quantitative estimate of drug-likeness (QED) is 0.462. The molecule has 0 atom stereocenters. The Hall–Kier alpha value is -2.38. The summed E-state index contributed by atoms with van der Waals surface area (Å²) in [5, 5.41) is 15.1. The van der Waals surface area contributed by atoms with Gasteiger partial charge < -0.3 is 0 Å². The Labute approximate surface area is 148 Å². The second-order valence-electron chi connectivity index (χ2n) is 4.76. The van der Waals surface area contributed by atoms with Crippen LogP contribution in [-0.4, -0.2) is 22.8 Å². The lowest BCUT2D eigenvalue weighted by atomic mass is 10.2.